The third-order valence-electron chi connectivity index (χ3n) is 4.01. The van der Waals surface area contributed by atoms with Crippen molar-refractivity contribution < 1.29 is 9.59 Å². The van der Waals surface area contributed by atoms with Gasteiger partial charge in [-0.1, -0.05) is 35.4 Å². The molecule has 0 radical (unpaired) electrons. The molecule has 2 N–H and O–H groups in total. The molecular formula is C19H17ClN2O2. The van der Waals surface area contributed by atoms with E-state index in [0.717, 1.165) is 22.2 Å². The third kappa shape index (κ3) is 2.93. The number of aromatic nitrogens is 1. The summed E-state index contributed by atoms with van der Waals surface area (Å²) >= 11 is 5.94. The van der Waals surface area contributed by atoms with Gasteiger partial charge in [0.05, 0.1) is 5.56 Å². The van der Waals surface area contributed by atoms with E-state index in [1.165, 1.54) is 6.20 Å². The van der Waals surface area contributed by atoms with Crippen LogP contribution in [0.5, 0.6) is 0 Å². The minimum Gasteiger partial charge on any atom is -0.360 e. The highest BCUT2D eigenvalue weighted by atomic mass is 35.5. The number of Topliss-reactive ketones (excluding diaryl/α,β-unsaturated/α-hetero) is 1. The monoisotopic (exact) mass is 340 g/mol. The number of halogens is 1. The zero-order valence-corrected chi connectivity index (χ0v) is 14.4. The zero-order valence-electron chi connectivity index (χ0n) is 13.7. The molecule has 1 aromatic heterocycles. The molecule has 5 heteroatoms. The fourth-order valence-electron chi connectivity index (χ4n) is 2.96. The minimum atomic E-state index is -0.652. The number of benzene rings is 2. The highest BCUT2D eigenvalue weighted by Crippen LogP contribution is 2.24. The molecule has 0 atom stereocenters. The molecule has 0 spiro atoms. The molecule has 3 aromatic rings. The maximum atomic E-state index is 12.5. The Hall–Kier alpha value is -2.59. The van der Waals surface area contributed by atoms with Gasteiger partial charge in [0.25, 0.3) is 11.7 Å². The van der Waals surface area contributed by atoms with Gasteiger partial charge in [-0.2, -0.15) is 0 Å². The van der Waals surface area contributed by atoms with Crippen LogP contribution in [0.1, 0.15) is 27.0 Å². The van der Waals surface area contributed by atoms with E-state index in [1.54, 1.807) is 18.2 Å². The van der Waals surface area contributed by atoms with Crippen LogP contribution in [0.2, 0.25) is 5.02 Å². The summed E-state index contributed by atoms with van der Waals surface area (Å²) in [6, 6.07) is 9.10. The second-order valence-corrected chi connectivity index (χ2v) is 6.39. The minimum absolute atomic E-state index is 0.335. The number of amides is 1. The summed E-state index contributed by atoms with van der Waals surface area (Å²) in [7, 11) is 0. The highest BCUT2D eigenvalue weighted by Gasteiger charge is 2.21. The lowest BCUT2D eigenvalue weighted by Crippen LogP contribution is -2.23. The number of hydrogen-bond acceptors (Lipinski definition) is 2. The Kier molecular flexibility index (Phi) is 4.16. The van der Waals surface area contributed by atoms with Gasteiger partial charge < -0.3 is 10.3 Å². The molecular weight excluding hydrogens is 324 g/mol. The number of aryl methyl sites for hydroxylation is 3. The van der Waals surface area contributed by atoms with E-state index in [4.69, 9.17) is 11.6 Å². The second-order valence-electron chi connectivity index (χ2n) is 5.95. The third-order valence-corrected chi connectivity index (χ3v) is 4.25. The average molecular weight is 341 g/mol. The summed E-state index contributed by atoms with van der Waals surface area (Å²) in [5.74, 6) is -1.23. The van der Waals surface area contributed by atoms with Crippen molar-refractivity contribution in [2.75, 3.05) is 5.32 Å². The van der Waals surface area contributed by atoms with Gasteiger partial charge in [0.15, 0.2) is 0 Å². The van der Waals surface area contributed by atoms with Crippen molar-refractivity contribution in [3.63, 3.8) is 0 Å². The van der Waals surface area contributed by atoms with Crippen LogP contribution >= 0.6 is 11.6 Å². The van der Waals surface area contributed by atoms with Crippen LogP contribution in [0.15, 0.2) is 36.5 Å². The van der Waals surface area contributed by atoms with Crippen molar-refractivity contribution in [1.82, 2.24) is 4.98 Å². The van der Waals surface area contributed by atoms with Gasteiger partial charge >= 0.3 is 0 Å². The number of carbonyl (C=O) groups is 2. The number of ketones is 1. The van der Waals surface area contributed by atoms with E-state index in [9.17, 15) is 9.59 Å². The normalized spacial score (nSPS) is 10.8. The molecule has 0 bridgehead atoms. The number of fused-ring (bicyclic) bond motifs is 1. The number of aromatic amines is 1. The van der Waals surface area contributed by atoms with Crippen molar-refractivity contribution in [1.29, 1.82) is 0 Å². The molecule has 1 heterocycles. The Morgan fingerprint density at radius 2 is 1.71 bits per heavy atom. The SMILES string of the molecule is Cc1cc(C)c(NC(=O)C(=O)c2c[nH]c3cc(Cl)ccc23)c(C)c1. The zero-order chi connectivity index (χ0) is 17.4. The van der Waals surface area contributed by atoms with Crippen molar-refractivity contribution in [2.45, 2.75) is 20.8 Å². The predicted molar refractivity (Wildman–Crippen MR) is 96.9 cm³/mol. The highest BCUT2D eigenvalue weighted by molar-refractivity contribution is 6.48. The Labute approximate surface area is 144 Å². The lowest BCUT2D eigenvalue weighted by molar-refractivity contribution is -0.112. The molecule has 3 rings (SSSR count). The van der Waals surface area contributed by atoms with Gasteiger partial charge in [0, 0.05) is 27.8 Å². The molecule has 4 nitrogen and oxygen atoms in total. The molecule has 0 aliphatic heterocycles. The summed E-state index contributed by atoms with van der Waals surface area (Å²) < 4.78 is 0. The van der Waals surface area contributed by atoms with Crippen molar-refractivity contribution >= 4 is 39.9 Å². The summed E-state index contributed by atoms with van der Waals surface area (Å²) in [6.07, 6.45) is 1.54. The average Bonchev–Trinajstić information content (AvgIpc) is 2.92. The first kappa shape index (κ1) is 16.3. The maximum Gasteiger partial charge on any atom is 0.296 e. The quantitative estimate of drug-likeness (QED) is 0.542. The van der Waals surface area contributed by atoms with E-state index < -0.39 is 11.7 Å². The topological polar surface area (TPSA) is 62.0 Å². The van der Waals surface area contributed by atoms with Crippen molar-refractivity contribution in [3.05, 3.63) is 63.8 Å². The van der Waals surface area contributed by atoms with Crippen molar-refractivity contribution in [3.8, 4) is 0 Å². The number of H-pyrrole nitrogens is 1. The van der Waals surface area contributed by atoms with Gasteiger partial charge in [-0.3, -0.25) is 9.59 Å². The molecule has 0 aliphatic rings. The Morgan fingerprint density at radius 1 is 1.04 bits per heavy atom. The first-order valence-corrected chi connectivity index (χ1v) is 7.95. The molecule has 0 unspecified atom stereocenters. The number of carbonyl (C=O) groups excluding carboxylic acids is 2. The molecule has 24 heavy (non-hydrogen) atoms. The van der Waals surface area contributed by atoms with Gasteiger partial charge in [0.1, 0.15) is 0 Å². The predicted octanol–water partition coefficient (Wildman–Crippen LogP) is 4.57. The van der Waals surface area contributed by atoms with E-state index in [1.807, 2.05) is 32.9 Å². The van der Waals surface area contributed by atoms with Crippen LogP contribution in [0, 0.1) is 20.8 Å². The summed E-state index contributed by atoms with van der Waals surface area (Å²) in [4.78, 5) is 27.9. The van der Waals surface area contributed by atoms with E-state index in [0.29, 0.717) is 21.7 Å². The molecule has 0 aliphatic carbocycles. The number of hydrogen-bond donors (Lipinski definition) is 2. The Balaban J connectivity index is 1.91. The van der Waals surface area contributed by atoms with Gasteiger partial charge in [-0.15, -0.1) is 0 Å². The summed E-state index contributed by atoms with van der Waals surface area (Å²) in [6.45, 7) is 5.81. The Bertz CT molecular complexity index is 950. The van der Waals surface area contributed by atoms with Crippen LogP contribution in [-0.4, -0.2) is 16.7 Å². The standard InChI is InChI=1S/C19H17ClN2O2/c1-10-6-11(2)17(12(3)7-10)22-19(24)18(23)15-9-21-16-8-13(20)4-5-14(15)16/h4-9,21H,1-3H3,(H,22,24). The van der Waals surface area contributed by atoms with Gasteiger partial charge in [0.2, 0.25) is 0 Å². The molecule has 1 amide bonds. The summed E-state index contributed by atoms with van der Waals surface area (Å²) in [5.41, 5.74) is 4.71. The molecule has 0 fully saturated rings. The van der Waals surface area contributed by atoms with Crippen LogP contribution in [0.25, 0.3) is 10.9 Å². The smallest absolute Gasteiger partial charge is 0.296 e. The van der Waals surface area contributed by atoms with Crippen LogP contribution in [0.3, 0.4) is 0 Å². The van der Waals surface area contributed by atoms with Crippen LogP contribution in [-0.2, 0) is 4.79 Å². The molecule has 2 aromatic carbocycles. The lowest BCUT2D eigenvalue weighted by atomic mass is 10.0. The number of nitrogens with one attached hydrogen (secondary N) is 2. The van der Waals surface area contributed by atoms with E-state index >= 15 is 0 Å². The van der Waals surface area contributed by atoms with Crippen LogP contribution in [0.4, 0.5) is 5.69 Å². The van der Waals surface area contributed by atoms with Gasteiger partial charge in [-0.05, 0) is 44.0 Å². The largest absolute Gasteiger partial charge is 0.360 e. The molecule has 122 valence electrons. The fourth-order valence-corrected chi connectivity index (χ4v) is 3.13. The lowest BCUT2D eigenvalue weighted by Gasteiger charge is -2.12. The first-order valence-electron chi connectivity index (χ1n) is 7.57. The van der Waals surface area contributed by atoms with E-state index in [2.05, 4.69) is 10.3 Å². The molecule has 0 saturated heterocycles. The second kappa shape index (κ2) is 6.13. The Morgan fingerprint density at radius 3 is 2.38 bits per heavy atom. The molecule has 0 saturated carbocycles. The summed E-state index contributed by atoms with van der Waals surface area (Å²) in [5, 5.41) is 3.99. The van der Waals surface area contributed by atoms with Crippen molar-refractivity contribution in [2.24, 2.45) is 0 Å². The number of rotatable bonds is 3. The first-order chi connectivity index (χ1) is 11.4. The van der Waals surface area contributed by atoms with Crippen LogP contribution < -0.4 is 5.32 Å². The van der Waals surface area contributed by atoms with E-state index in [-0.39, 0.29) is 0 Å². The fraction of sp³-hybridized carbons (Fsp3) is 0.158. The maximum absolute atomic E-state index is 12.5. The van der Waals surface area contributed by atoms with Gasteiger partial charge in [-0.25, -0.2) is 0 Å². The number of anilines is 1.